The first-order valence-corrected chi connectivity index (χ1v) is 9.76. The Bertz CT molecular complexity index is 748. The molecular formula is C15H24N4O5S. The highest BCUT2D eigenvalue weighted by atomic mass is 32.2. The van der Waals surface area contributed by atoms with Gasteiger partial charge in [0.15, 0.2) is 5.54 Å². The van der Waals surface area contributed by atoms with Crippen molar-refractivity contribution in [2.24, 2.45) is 5.92 Å². The van der Waals surface area contributed by atoms with Crippen molar-refractivity contribution in [3.05, 3.63) is 12.4 Å². The standard InChI is InChI=1S/C15H24N4O5S/c1-4-25(23,24)18-7-5-11(6-8-18)13(20)17-12-9-16-19(10-12)15(2,3)14(21)22/h9-11H,4-8H2,1-3H3,(H,17,20)(H,21,22). The van der Waals surface area contributed by atoms with Crippen LogP contribution in [0.25, 0.3) is 0 Å². The maximum absolute atomic E-state index is 12.4. The van der Waals surface area contributed by atoms with Crippen molar-refractivity contribution in [2.45, 2.75) is 39.2 Å². The van der Waals surface area contributed by atoms with Crippen LogP contribution >= 0.6 is 0 Å². The summed E-state index contributed by atoms with van der Waals surface area (Å²) in [4.78, 5) is 23.6. The lowest BCUT2D eigenvalue weighted by molar-refractivity contribution is -0.146. The largest absolute Gasteiger partial charge is 0.479 e. The third-order valence-corrected chi connectivity index (χ3v) is 6.41. The number of anilines is 1. The summed E-state index contributed by atoms with van der Waals surface area (Å²) in [5.41, 5.74) is -0.800. The number of carbonyl (C=O) groups excluding carboxylic acids is 1. The highest BCUT2D eigenvalue weighted by molar-refractivity contribution is 7.89. The number of aromatic nitrogens is 2. The summed E-state index contributed by atoms with van der Waals surface area (Å²) in [6.07, 6.45) is 3.79. The van der Waals surface area contributed by atoms with Crippen molar-refractivity contribution in [1.82, 2.24) is 14.1 Å². The van der Waals surface area contributed by atoms with Gasteiger partial charge in [-0.1, -0.05) is 0 Å². The summed E-state index contributed by atoms with van der Waals surface area (Å²) in [6, 6.07) is 0. The van der Waals surface area contributed by atoms with Crippen LogP contribution in [0.3, 0.4) is 0 Å². The molecule has 1 aromatic rings. The first kappa shape index (κ1) is 19.4. The molecule has 1 fully saturated rings. The molecule has 0 radical (unpaired) electrons. The third-order valence-electron chi connectivity index (χ3n) is 4.53. The SMILES string of the molecule is CCS(=O)(=O)N1CCC(C(=O)Nc2cnn(C(C)(C)C(=O)O)c2)CC1. The van der Waals surface area contributed by atoms with Gasteiger partial charge in [-0.15, -0.1) is 0 Å². The molecule has 0 atom stereocenters. The number of nitrogens with one attached hydrogen (secondary N) is 1. The van der Waals surface area contributed by atoms with E-state index in [0.29, 0.717) is 31.6 Å². The number of carbonyl (C=O) groups is 2. The van der Waals surface area contributed by atoms with Gasteiger partial charge in [-0.3, -0.25) is 9.48 Å². The fourth-order valence-corrected chi connectivity index (χ4v) is 3.75. The van der Waals surface area contributed by atoms with E-state index in [4.69, 9.17) is 0 Å². The zero-order chi connectivity index (χ0) is 18.8. The van der Waals surface area contributed by atoms with E-state index in [-0.39, 0.29) is 17.6 Å². The molecule has 0 aromatic carbocycles. The van der Waals surface area contributed by atoms with Gasteiger partial charge in [-0.25, -0.2) is 17.5 Å². The van der Waals surface area contributed by atoms with Gasteiger partial charge in [0.25, 0.3) is 0 Å². The number of piperidine rings is 1. The quantitative estimate of drug-likeness (QED) is 0.758. The van der Waals surface area contributed by atoms with Gasteiger partial charge in [0.05, 0.1) is 17.6 Å². The molecule has 2 N–H and O–H groups in total. The number of rotatable bonds is 6. The minimum Gasteiger partial charge on any atom is -0.479 e. The van der Waals surface area contributed by atoms with Gasteiger partial charge >= 0.3 is 5.97 Å². The Labute approximate surface area is 147 Å². The fourth-order valence-electron chi connectivity index (χ4n) is 2.61. The smallest absolute Gasteiger partial charge is 0.331 e. The maximum Gasteiger partial charge on any atom is 0.331 e. The minimum absolute atomic E-state index is 0.0579. The van der Waals surface area contributed by atoms with Crippen LogP contribution in [0, 0.1) is 5.92 Å². The van der Waals surface area contributed by atoms with Crippen LogP contribution in [-0.4, -0.2) is 58.3 Å². The predicted octanol–water partition coefficient (Wildman–Crippen LogP) is 0.703. The van der Waals surface area contributed by atoms with E-state index in [2.05, 4.69) is 10.4 Å². The van der Waals surface area contributed by atoms with Gasteiger partial charge in [0.2, 0.25) is 15.9 Å². The van der Waals surface area contributed by atoms with E-state index in [1.165, 1.54) is 35.2 Å². The molecule has 140 valence electrons. The zero-order valence-corrected chi connectivity index (χ0v) is 15.4. The van der Waals surface area contributed by atoms with Crippen molar-refractivity contribution in [1.29, 1.82) is 0 Å². The highest BCUT2D eigenvalue weighted by Crippen LogP contribution is 2.22. The maximum atomic E-state index is 12.4. The molecule has 2 heterocycles. The van der Waals surface area contributed by atoms with E-state index in [9.17, 15) is 23.1 Å². The van der Waals surface area contributed by atoms with Crippen molar-refractivity contribution in [3.63, 3.8) is 0 Å². The lowest BCUT2D eigenvalue weighted by atomic mass is 9.97. The third kappa shape index (κ3) is 4.18. The van der Waals surface area contributed by atoms with Crippen molar-refractivity contribution in [3.8, 4) is 0 Å². The number of amides is 1. The fraction of sp³-hybridized carbons (Fsp3) is 0.667. The van der Waals surface area contributed by atoms with Crippen molar-refractivity contribution < 1.29 is 23.1 Å². The first-order valence-electron chi connectivity index (χ1n) is 8.15. The molecule has 1 aliphatic heterocycles. The van der Waals surface area contributed by atoms with E-state index in [1.54, 1.807) is 6.92 Å². The summed E-state index contributed by atoms with van der Waals surface area (Å²) in [5, 5.41) is 15.9. The minimum atomic E-state index is -3.22. The summed E-state index contributed by atoms with van der Waals surface area (Å²) in [6.45, 7) is 5.29. The summed E-state index contributed by atoms with van der Waals surface area (Å²) in [5.74, 6) is -1.46. The van der Waals surface area contributed by atoms with Gasteiger partial charge < -0.3 is 10.4 Å². The van der Waals surface area contributed by atoms with Crippen LogP contribution in [0.1, 0.15) is 33.6 Å². The molecule has 9 nitrogen and oxygen atoms in total. The van der Waals surface area contributed by atoms with Crippen LogP contribution in [0.4, 0.5) is 5.69 Å². The number of carboxylic acids is 1. The number of carboxylic acid groups (broad SMARTS) is 1. The van der Waals surface area contributed by atoms with Crippen LogP contribution in [0.15, 0.2) is 12.4 Å². The average molecular weight is 372 g/mol. The van der Waals surface area contributed by atoms with Gasteiger partial charge in [-0.05, 0) is 33.6 Å². The molecule has 1 aliphatic rings. The molecule has 10 heteroatoms. The molecular weight excluding hydrogens is 348 g/mol. The lowest BCUT2D eigenvalue weighted by Crippen LogP contribution is -2.42. The Morgan fingerprint density at radius 1 is 1.36 bits per heavy atom. The first-order chi connectivity index (χ1) is 11.6. The molecule has 0 aliphatic carbocycles. The Kier molecular flexibility index (Phi) is 5.52. The monoisotopic (exact) mass is 372 g/mol. The predicted molar refractivity (Wildman–Crippen MR) is 91.6 cm³/mol. The molecule has 0 unspecified atom stereocenters. The van der Waals surface area contributed by atoms with Gasteiger partial charge in [-0.2, -0.15) is 5.10 Å². The second kappa shape index (κ2) is 7.12. The molecule has 0 bridgehead atoms. The molecule has 1 amide bonds. The van der Waals surface area contributed by atoms with Crippen LogP contribution < -0.4 is 5.32 Å². The number of hydrogen-bond acceptors (Lipinski definition) is 5. The van der Waals surface area contributed by atoms with E-state index in [0.717, 1.165) is 0 Å². The van der Waals surface area contributed by atoms with Gasteiger partial charge in [0, 0.05) is 25.2 Å². The zero-order valence-electron chi connectivity index (χ0n) is 14.6. The average Bonchev–Trinajstić information content (AvgIpc) is 3.04. The highest BCUT2D eigenvalue weighted by Gasteiger charge is 2.32. The number of aliphatic carboxylic acids is 1. The van der Waals surface area contributed by atoms with E-state index in [1.807, 2.05) is 0 Å². The van der Waals surface area contributed by atoms with Gasteiger partial charge in [0.1, 0.15) is 0 Å². The van der Waals surface area contributed by atoms with Crippen molar-refractivity contribution in [2.75, 3.05) is 24.2 Å². The molecule has 2 rings (SSSR count). The topological polar surface area (TPSA) is 122 Å². The van der Waals surface area contributed by atoms with Crippen molar-refractivity contribution >= 4 is 27.6 Å². The summed E-state index contributed by atoms with van der Waals surface area (Å²) >= 11 is 0. The number of sulfonamides is 1. The molecule has 1 saturated heterocycles. The Morgan fingerprint density at radius 2 is 1.96 bits per heavy atom. The second-order valence-electron chi connectivity index (χ2n) is 6.60. The van der Waals surface area contributed by atoms with E-state index >= 15 is 0 Å². The Balaban J connectivity index is 1.96. The Morgan fingerprint density at radius 3 is 2.48 bits per heavy atom. The number of nitrogens with zero attached hydrogens (tertiary/aromatic N) is 3. The Hall–Kier alpha value is -1.94. The van der Waals surface area contributed by atoms with E-state index < -0.39 is 21.5 Å². The molecule has 0 spiro atoms. The number of hydrogen-bond donors (Lipinski definition) is 2. The lowest BCUT2D eigenvalue weighted by Gasteiger charge is -2.30. The summed E-state index contributed by atoms with van der Waals surface area (Å²) in [7, 11) is -3.22. The van der Waals surface area contributed by atoms with Crippen LogP contribution in [0.2, 0.25) is 0 Å². The van der Waals surface area contributed by atoms with Crippen LogP contribution in [0.5, 0.6) is 0 Å². The normalized spacial score (nSPS) is 17.4. The molecule has 1 aromatic heterocycles. The second-order valence-corrected chi connectivity index (χ2v) is 8.86. The molecule has 0 saturated carbocycles. The van der Waals surface area contributed by atoms with Crippen LogP contribution in [-0.2, 0) is 25.2 Å². The summed E-state index contributed by atoms with van der Waals surface area (Å²) < 4.78 is 26.4. The molecule has 25 heavy (non-hydrogen) atoms.